The van der Waals surface area contributed by atoms with Crippen LogP contribution in [0.25, 0.3) is 0 Å². The van der Waals surface area contributed by atoms with E-state index in [4.69, 9.17) is 4.74 Å². The first kappa shape index (κ1) is 22.7. The SMILES string of the molecule is COc1ccccc1C(NC(=O)CCNC(=O)NC12CC3CC(CC(C3)C1)C2)c1nccn1C. The Hall–Kier alpha value is -3.03. The van der Waals surface area contributed by atoms with Gasteiger partial charge in [0.2, 0.25) is 5.91 Å². The Balaban J connectivity index is 1.17. The van der Waals surface area contributed by atoms with Crippen molar-refractivity contribution in [3.05, 3.63) is 48.0 Å². The van der Waals surface area contributed by atoms with Crippen molar-refractivity contribution < 1.29 is 14.3 Å². The molecule has 1 unspecified atom stereocenters. The third-order valence-corrected chi connectivity index (χ3v) is 7.93. The Labute approximate surface area is 200 Å². The number of aryl methyl sites for hydroxylation is 1. The van der Waals surface area contributed by atoms with E-state index in [1.807, 2.05) is 42.1 Å². The number of benzene rings is 1. The second kappa shape index (κ2) is 9.31. The van der Waals surface area contributed by atoms with Gasteiger partial charge in [-0.05, 0) is 62.3 Å². The number of rotatable bonds is 8. The van der Waals surface area contributed by atoms with Gasteiger partial charge < -0.3 is 25.3 Å². The van der Waals surface area contributed by atoms with Gasteiger partial charge in [0.25, 0.3) is 0 Å². The van der Waals surface area contributed by atoms with Gasteiger partial charge >= 0.3 is 6.03 Å². The number of hydrogen-bond acceptors (Lipinski definition) is 4. The van der Waals surface area contributed by atoms with E-state index in [0.29, 0.717) is 11.6 Å². The normalized spacial score (nSPS) is 27.8. The third-order valence-electron chi connectivity index (χ3n) is 7.93. The van der Waals surface area contributed by atoms with Crippen molar-refractivity contribution in [2.45, 2.75) is 56.5 Å². The molecule has 34 heavy (non-hydrogen) atoms. The fraction of sp³-hybridized carbons (Fsp3) is 0.577. The molecular formula is C26H35N5O3. The van der Waals surface area contributed by atoms with Crippen LogP contribution in [0.5, 0.6) is 5.75 Å². The number of imidazole rings is 1. The van der Waals surface area contributed by atoms with E-state index in [0.717, 1.165) is 42.6 Å². The molecule has 0 spiro atoms. The highest BCUT2D eigenvalue weighted by molar-refractivity contribution is 5.79. The molecule has 1 heterocycles. The van der Waals surface area contributed by atoms with E-state index in [1.165, 1.54) is 19.3 Å². The van der Waals surface area contributed by atoms with Gasteiger partial charge in [0.15, 0.2) is 0 Å². The van der Waals surface area contributed by atoms with Gasteiger partial charge in [-0.2, -0.15) is 0 Å². The first-order valence-corrected chi connectivity index (χ1v) is 12.4. The minimum absolute atomic E-state index is 0.0335. The van der Waals surface area contributed by atoms with Crippen molar-refractivity contribution in [1.29, 1.82) is 0 Å². The van der Waals surface area contributed by atoms with E-state index < -0.39 is 6.04 Å². The number of carbonyl (C=O) groups excluding carboxylic acids is 2. The number of nitrogens with zero attached hydrogens (tertiary/aromatic N) is 2. The fourth-order valence-electron chi connectivity index (χ4n) is 6.91. The van der Waals surface area contributed by atoms with Gasteiger partial charge in [-0.25, -0.2) is 9.78 Å². The van der Waals surface area contributed by atoms with E-state index in [9.17, 15) is 9.59 Å². The fourth-order valence-corrected chi connectivity index (χ4v) is 6.91. The first-order valence-electron chi connectivity index (χ1n) is 12.4. The van der Waals surface area contributed by atoms with Gasteiger partial charge in [0, 0.05) is 43.5 Å². The largest absolute Gasteiger partial charge is 0.496 e. The summed E-state index contributed by atoms with van der Waals surface area (Å²) in [5.41, 5.74) is 0.800. The Morgan fingerprint density at radius 2 is 1.82 bits per heavy atom. The summed E-state index contributed by atoms with van der Waals surface area (Å²) in [5.74, 6) is 3.56. The molecule has 0 saturated heterocycles. The Morgan fingerprint density at radius 3 is 2.44 bits per heavy atom. The average molecular weight is 466 g/mol. The maximum atomic E-state index is 12.9. The second-order valence-corrected chi connectivity index (χ2v) is 10.5. The summed E-state index contributed by atoms with van der Waals surface area (Å²) in [7, 11) is 3.51. The van der Waals surface area contributed by atoms with Gasteiger partial charge in [-0.3, -0.25) is 4.79 Å². The summed E-state index contributed by atoms with van der Waals surface area (Å²) in [6.07, 6.45) is 11.1. The number of ether oxygens (including phenoxy) is 1. The predicted octanol–water partition coefficient (Wildman–Crippen LogP) is 3.29. The highest BCUT2D eigenvalue weighted by Crippen LogP contribution is 2.55. The van der Waals surface area contributed by atoms with Gasteiger partial charge in [0.05, 0.1) is 7.11 Å². The second-order valence-electron chi connectivity index (χ2n) is 10.5. The van der Waals surface area contributed by atoms with Gasteiger partial charge in [-0.15, -0.1) is 0 Å². The minimum atomic E-state index is -0.454. The number of hydrogen-bond donors (Lipinski definition) is 3. The number of nitrogens with one attached hydrogen (secondary N) is 3. The molecule has 1 aromatic heterocycles. The smallest absolute Gasteiger partial charge is 0.315 e. The van der Waals surface area contributed by atoms with Crippen LogP contribution in [0.2, 0.25) is 0 Å². The van der Waals surface area contributed by atoms with Crippen LogP contribution in [0.3, 0.4) is 0 Å². The van der Waals surface area contributed by atoms with Crippen LogP contribution in [0.15, 0.2) is 36.7 Å². The summed E-state index contributed by atoms with van der Waals surface area (Å²) < 4.78 is 7.40. The molecule has 0 radical (unpaired) electrons. The van der Waals surface area contributed by atoms with Crippen LogP contribution in [-0.4, -0.2) is 40.7 Å². The topological polar surface area (TPSA) is 97.3 Å². The highest BCUT2D eigenvalue weighted by Gasteiger charge is 2.51. The molecule has 4 aliphatic carbocycles. The Kier molecular flexibility index (Phi) is 6.23. The lowest BCUT2D eigenvalue weighted by molar-refractivity contribution is -0.121. The molecule has 2 aromatic rings. The molecule has 4 aliphatic rings. The molecule has 0 aliphatic heterocycles. The maximum absolute atomic E-state index is 12.9. The molecule has 4 fully saturated rings. The highest BCUT2D eigenvalue weighted by atomic mass is 16.5. The first-order chi connectivity index (χ1) is 16.4. The summed E-state index contributed by atoms with van der Waals surface area (Å²) in [6, 6.07) is 7.00. The summed E-state index contributed by atoms with van der Waals surface area (Å²) >= 11 is 0. The molecule has 3 amide bonds. The van der Waals surface area contributed by atoms with E-state index in [-0.39, 0.29) is 30.4 Å². The summed E-state index contributed by atoms with van der Waals surface area (Å²) in [6.45, 7) is 0.281. The van der Waals surface area contributed by atoms with E-state index >= 15 is 0 Å². The molecular weight excluding hydrogens is 430 g/mol. The zero-order valence-electron chi connectivity index (χ0n) is 20.0. The molecule has 1 aromatic carbocycles. The van der Waals surface area contributed by atoms with Crippen molar-refractivity contribution >= 4 is 11.9 Å². The molecule has 8 nitrogen and oxygen atoms in total. The van der Waals surface area contributed by atoms with Crippen LogP contribution in [0.4, 0.5) is 4.79 Å². The third kappa shape index (κ3) is 4.63. The number of amides is 3. The molecule has 6 rings (SSSR count). The summed E-state index contributed by atoms with van der Waals surface area (Å²) in [5, 5.41) is 9.29. The van der Waals surface area contributed by atoms with Crippen molar-refractivity contribution in [2.75, 3.05) is 13.7 Å². The monoisotopic (exact) mass is 465 g/mol. The van der Waals surface area contributed by atoms with Crippen molar-refractivity contribution in [3.8, 4) is 5.75 Å². The average Bonchev–Trinajstić information content (AvgIpc) is 3.21. The van der Waals surface area contributed by atoms with Crippen LogP contribution >= 0.6 is 0 Å². The molecule has 4 saturated carbocycles. The zero-order valence-corrected chi connectivity index (χ0v) is 20.0. The summed E-state index contributed by atoms with van der Waals surface area (Å²) in [4.78, 5) is 30.0. The lowest BCUT2D eigenvalue weighted by Gasteiger charge is -2.56. The van der Waals surface area contributed by atoms with Crippen LogP contribution in [0.1, 0.15) is 62.4 Å². The molecule has 8 heteroatoms. The van der Waals surface area contributed by atoms with Crippen LogP contribution in [0, 0.1) is 17.8 Å². The lowest BCUT2D eigenvalue weighted by atomic mass is 9.53. The zero-order chi connectivity index (χ0) is 23.7. The standard InChI is InChI=1S/C26H35N5O3/c1-31-10-9-27-24(31)23(20-5-3-4-6-21(20)34-2)29-22(32)7-8-28-25(33)30-26-14-17-11-18(15-26)13-19(12-17)16-26/h3-6,9-10,17-19,23H,7-8,11-16H2,1-2H3,(H,29,32)(H2,28,30,33). The number of methoxy groups -OCH3 is 1. The number of aromatic nitrogens is 2. The maximum Gasteiger partial charge on any atom is 0.315 e. The Morgan fingerprint density at radius 1 is 1.15 bits per heavy atom. The van der Waals surface area contributed by atoms with E-state index in [1.54, 1.807) is 13.3 Å². The van der Waals surface area contributed by atoms with Crippen molar-refractivity contribution in [2.24, 2.45) is 24.8 Å². The van der Waals surface area contributed by atoms with Crippen molar-refractivity contribution in [1.82, 2.24) is 25.5 Å². The predicted molar refractivity (Wildman–Crippen MR) is 128 cm³/mol. The molecule has 182 valence electrons. The number of carbonyl (C=O) groups is 2. The Bertz CT molecular complexity index is 1010. The van der Waals surface area contributed by atoms with Gasteiger partial charge in [-0.1, -0.05) is 18.2 Å². The number of para-hydroxylation sites is 1. The molecule has 4 bridgehead atoms. The quantitative estimate of drug-likeness (QED) is 0.557. The number of urea groups is 1. The van der Waals surface area contributed by atoms with Crippen LogP contribution < -0.4 is 20.7 Å². The van der Waals surface area contributed by atoms with E-state index in [2.05, 4.69) is 20.9 Å². The van der Waals surface area contributed by atoms with Gasteiger partial charge in [0.1, 0.15) is 17.6 Å². The minimum Gasteiger partial charge on any atom is -0.496 e. The van der Waals surface area contributed by atoms with Crippen molar-refractivity contribution in [3.63, 3.8) is 0 Å². The van der Waals surface area contributed by atoms with Crippen LogP contribution in [-0.2, 0) is 11.8 Å². The molecule has 3 N–H and O–H groups in total. The molecule has 1 atom stereocenters. The lowest BCUT2D eigenvalue weighted by Crippen LogP contribution is -2.61.